The number of carbonyl (C=O) groups excluding carboxylic acids is 1. The van der Waals surface area contributed by atoms with Crippen molar-refractivity contribution >= 4 is 27.9 Å². The highest BCUT2D eigenvalue weighted by atomic mass is 32.1. The Morgan fingerprint density at radius 3 is 2.77 bits per heavy atom. The van der Waals surface area contributed by atoms with E-state index in [4.69, 9.17) is 10.00 Å². The van der Waals surface area contributed by atoms with Gasteiger partial charge in [0.15, 0.2) is 0 Å². The van der Waals surface area contributed by atoms with Gasteiger partial charge in [-0.05, 0) is 23.6 Å². The van der Waals surface area contributed by atoms with Gasteiger partial charge in [0, 0.05) is 39.1 Å². The van der Waals surface area contributed by atoms with Gasteiger partial charge in [0.2, 0.25) is 5.91 Å². The number of hydrogen-bond acceptors (Lipinski definition) is 6. The number of anilines is 2. The lowest BCUT2D eigenvalue weighted by atomic mass is 10.2. The average molecular weight is 370 g/mol. The molecule has 2 aromatic rings. The van der Waals surface area contributed by atoms with Crippen LogP contribution < -0.4 is 15.0 Å². The van der Waals surface area contributed by atoms with Crippen LogP contribution in [0.1, 0.15) is 12.0 Å². The third-order valence-corrected chi connectivity index (χ3v) is 5.32. The molecule has 1 saturated heterocycles. The van der Waals surface area contributed by atoms with E-state index in [9.17, 15) is 4.79 Å². The molecule has 2 heterocycles. The molecular formula is C19H22N4O2S. The highest BCUT2D eigenvalue weighted by molar-refractivity contribution is 7.14. The molecule has 3 rings (SSSR count). The van der Waals surface area contributed by atoms with Crippen LogP contribution in [0.2, 0.25) is 0 Å². The van der Waals surface area contributed by atoms with E-state index in [0.717, 1.165) is 44.2 Å². The van der Waals surface area contributed by atoms with Gasteiger partial charge in [0.1, 0.15) is 16.8 Å². The molecule has 6 nitrogen and oxygen atoms in total. The molecule has 1 aliphatic rings. The van der Waals surface area contributed by atoms with E-state index in [1.165, 1.54) is 11.3 Å². The molecule has 0 aliphatic carbocycles. The third-order valence-electron chi connectivity index (χ3n) is 4.49. The van der Waals surface area contributed by atoms with E-state index in [0.29, 0.717) is 17.0 Å². The van der Waals surface area contributed by atoms with Crippen LogP contribution in [0.3, 0.4) is 0 Å². The first-order valence-corrected chi connectivity index (χ1v) is 9.47. The van der Waals surface area contributed by atoms with Crippen molar-refractivity contribution in [3.05, 3.63) is 41.3 Å². The number of amides is 1. The first-order chi connectivity index (χ1) is 12.7. The summed E-state index contributed by atoms with van der Waals surface area (Å²) in [5.41, 5.74) is 1.64. The predicted molar refractivity (Wildman–Crippen MR) is 104 cm³/mol. The second-order valence-electron chi connectivity index (χ2n) is 6.07. The molecule has 1 fully saturated rings. The van der Waals surface area contributed by atoms with Crippen LogP contribution in [0.15, 0.2) is 35.7 Å². The third kappa shape index (κ3) is 4.34. The van der Waals surface area contributed by atoms with Gasteiger partial charge in [-0.2, -0.15) is 5.26 Å². The summed E-state index contributed by atoms with van der Waals surface area (Å²) in [4.78, 5) is 16.7. The molecule has 1 aliphatic heterocycles. The molecular weight excluding hydrogens is 348 g/mol. The number of ether oxygens (including phenoxy) is 1. The summed E-state index contributed by atoms with van der Waals surface area (Å²) in [7, 11) is 1.69. The van der Waals surface area contributed by atoms with Crippen molar-refractivity contribution in [3.8, 4) is 11.8 Å². The number of carbonyl (C=O) groups is 1. The molecule has 136 valence electrons. The van der Waals surface area contributed by atoms with Gasteiger partial charge in [0.05, 0.1) is 18.4 Å². The van der Waals surface area contributed by atoms with Gasteiger partial charge >= 0.3 is 0 Å². The van der Waals surface area contributed by atoms with E-state index in [-0.39, 0.29) is 5.91 Å². The molecule has 1 N–H and O–H groups in total. The smallest absolute Gasteiger partial charge is 0.226 e. The standard InChI is InChI=1S/C19H22N4O2S/c1-25-17-5-3-2-4-16(17)23-11-9-22(10-12-23)8-6-18(24)21-19-15(14-20)7-13-26-19/h2-5,7,13H,6,8-12H2,1H3,(H,21,24). The van der Waals surface area contributed by atoms with E-state index in [2.05, 4.69) is 27.3 Å². The van der Waals surface area contributed by atoms with Crippen LogP contribution >= 0.6 is 11.3 Å². The number of piperazine rings is 1. The monoisotopic (exact) mass is 370 g/mol. The van der Waals surface area contributed by atoms with Crippen LogP contribution in [0.5, 0.6) is 5.75 Å². The lowest BCUT2D eigenvalue weighted by Crippen LogP contribution is -2.47. The summed E-state index contributed by atoms with van der Waals surface area (Å²) < 4.78 is 5.44. The topological polar surface area (TPSA) is 68.6 Å². The minimum Gasteiger partial charge on any atom is -0.495 e. The number of hydrogen-bond donors (Lipinski definition) is 1. The lowest BCUT2D eigenvalue weighted by molar-refractivity contribution is -0.116. The Morgan fingerprint density at radius 2 is 2.04 bits per heavy atom. The maximum atomic E-state index is 12.1. The zero-order valence-corrected chi connectivity index (χ0v) is 15.6. The summed E-state index contributed by atoms with van der Waals surface area (Å²) in [5, 5.41) is 14.3. The molecule has 0 atom stereocenters. The van der Waals surface area contributed by atoms with Crippen molar-refractivity contribution in [2.75, 3.05) is 50.1 Å². The Kier molecular flexibility index (Phi) is 6.10. The van der Waals surface area contributed by atoms with Crippen molar-refractivity contribution in [1.82, 2.24) is 4.90 Å². The molecule has 0 radical (unpaired) electrons. The fraction of sp³-hybridized carbons (Fsp3) is 0.368. The number of rotatable bonds is 6. The first-order valence-electron chi connectivity index (χ1n) is 8.59. The summed E-state index contributed by atoms with van der Waals surface area (Å²) in [5.74, 6) is 0.848. The number of nitrogens with one attached hydrogen (secondary N) is 1. The number of thiophene rings is 1. The van der Waals surface area contributed by atoms with Crippen LogP contribution in [0, 0.1) is 11.3 Å². The van der Waals surface area contributed by atoms with Gasteiger partial charge in [0.25, 0.3) is 0 Å². The molecule has 0 unspecified atom stereocenters. The highest BCUT2D eigenvalue weighted by Crippen LogP contribution is 2.28. The highest BCUT2D eigenvalue weighted by Gasteiger charge is 2.20. The molecule has 26 heavy (non-hydrogen) atoms. The Hall–Kier alpha value is -2.56. The Bertz CT molecular complexity index is 791. The SMILES string of the molecule is COc1ccccc1N1CCN(CCC(=O)Nc2sccc2C#N)CC1. The van der Waals surface area contributed by atoms with Gasteiger partial charge in [-0.3, -0.25) is 9.69 Å². The molecule has 0 saturated carbocycles. The largest absolute Gasteiger partial charge is 0.495 e. The minimum atomic E-state index is -0.0453. The van der Waals surface area contributed by atoms with E-state index in [1.54, 1.807) is 13.2 Å². The van der Waals surface area contributed by atoms with Crippen LogP contribution in [-0.4, -0.2) is 50.6 Å². The Balaban J connectivity index is 1.46. The van der Waals surface area contributed by atoms with Crippen LogP contribution in [0.25, 0.3) is 0 Å². The fourth-order valence-corrected chi connectivity index (χ4v) is 3.80. The number of para-hydroxylation sites is 2. The van der Waals surface area contributed by atoms with Gasteiger partial charge in [-0.15, -0.1) is 11.3 Å². The van der Waals surface area contributed by atoms with Gasteiger partial charge in [-0.25, -0.2) is 0 Å². The van der Waals surface area contributed by atoms with Gasteiger partial charge < -0.3 is 15.0 Å². The van der Waals surface area contributed by atoms with Crippen LogP contribution in [0.4, 0.5) is 10.7 Å². The van der Waals surface area contributed by atoms with Crippen molar-refractivity contribution in [1.29, 1.82) is 5.26 Å². The van der Waals surface area contributed by atoms with E-state index >= 15 is 0 Å². The normalized spacial score (nSPS) is 14.7. The quantitative estimate of drug-likeness (QED) is 0.847. The average Bonchev–Trinajstić information content (AvgIpc) is 3.13. The second-order valence-corrected chi connectivity index (χ2v) is 6.99. The number of benzene rings is 1. The molecule has 0 bridgehead atoms. The van der Waals surface area contributed by atoms with Crippen molar-refractivity contribution < 1.29 is 9.53 Å². The second kappa shape index (κ2) is 8.70. The summed E-state index contributed by atoms with van der Waals surface area (Å²) in [6.07, 6.45) is 0.428. The zero-order chi connectivity index (χ0) is 18.4. The zero-order valence-electron chi connectivity index (χ0n) is 14.8. The number of nitriles is 1. The molecule has 0 spiro atoms. The van der Waals surface area contributed by atoms with E-state index < -0.39 is 0 Å². The molecule has 7 heteroatoms. The van der Waals surface area contributed by atoms with Crippen molar-refractivity contribution in [2.24, 2.45) is 0 Å². The summed E-state index contributed by atoms with van der Waals surface area (Å²) in [6.45, 7) is 4.36. The number of methoxy groups -OCH3 is 1. The minimum absolute atomic E-state index is 0.0453. The molecule has 1 aromatic heterocycles. The first kappa shape index (κ1) is 18.2. The predicted octanol–water partition coefficient (Wildman–Crippen LogP) is 2.78. The van der Waals surface area contributed by atoms with Crippen LogP contribution in [-0.2, 0) is 4.79 Å². The van der Waals surface area contributed by atoms with Crippen molar-refractivity contribution in [3.63, 3.8) is 0 Å². The maximum Gasteiger partial charge on any atom is 0.226 e. The molecule has 1 aromatic carbocycles. The van der Waals surface area contributed by atoms with Crippen molar-refractivity contribution in [2.45, 2.75) is 6.42 Å². The summed E-state index contributed by atoms with van der Waals surface area (Å²) in [6, 6.07) is 11.9. The molecule has 1 amide bonds. The van der Waals surface area contributed by atoms with Gasteiger partial charge in [-0.1, -0.05) is 12.1 Å². The maximum absolute atomic E-state index is 12.1. The Morgan fingerprint density at radius 1 is 1.27 bits per heavy atom. The number of nitrogens with zero attached hydrogens (tertiary/aromatic N) is 3. The van der Waals surface area contributed by atoms with E-state index in [1.807, 2.05) is 23.6 Å². The lowest BCUT2D eigenvalue weighted by Gasteiger charge is -2.36. The summed E-state index contributed by atoms with van der Waals surface area (Å²) >= 11 is 1.38. The Labute approximate surface area is 157 Å². The fourth-order valence-electron chi connectivity index (χ4n) is 3.05.